The third-order valence-corrected chi connectivity index (χ3v) is 3.78. The van der Waals surface area contributed by atoms with Gasteiger partial charge in [0.2, 0.25) is 0 Å². The molecule has 1 aliphatic rings. The van der Waals surface area contributed by atoms with Crippen LogP contribution >= 0.6 is 11.8 Å². The molecule has 1 atom stereocenters. The van der Waals surface area contributed by atoms with Gasteiger partial charge in [-0.15, -0.1) is 0 Å². The van der Waals surface area contributed by atoms with E-state index in [1.54, 1.807) is 0 Å². The van der Waals surface area contributed by atoms with Gasteiger partial charge in [0.1, 0.15) is 0 Å². The van der Waals surface area contributed by atoms with Crippen molar-refractivity contribution in [1.82, 2.24) is 4.90 Å². The number of rotatable bonds is 7. The topological polar surface area (TPSA) is 32.7 Å². The Balaban J connectivity index is 2.04. The third-order valence-electron chi connectivity index (χ3n) is 2.74. The standard InChI is InChI=1S/C12H25NO2S/c1-2-3-7-15-11-12(14)10-13-5-4-8-16-9-6-13/h12,14H,2-11H2,1H3. The van der Waals surface area contributed by atoms with Crippen molar-refractivity contribution < 1.29 is 9.84 Å². The first-order chi connectivity index (χ1) is 7.83. The van der Waals surface area contributed by atoms with Crippen molar-refractivity contribution in [2.24, 2.45) is 0 Å². The number of hydrogen-bond acceptors (Lipinski definition) is 4. The molecule has 16 heavy (non-hydrogen) atoms. The Morgan fingerprint density at radius 1 is 1.38 bits per heavy atom. The smallest absolute Gasteiger partial charge is 0.0900 e. The minimum Gasteiger partial charge on any atom is -0.389 e. The summed E-state index contributed by atoms with van der Waals surface area (Å²) < 4.78 is 5.43. The van der Waals surface area contributed by atoms with Crippen molar-refractivity contribution in [3.8, 4) is 0 Å². The fourth-order valence-electron chi connectivity index (χ4n) is 1.80. The Morgan fingerprint density at radius 3 is 3.06 bits per heavy atom. The maximum absolute atomic E-state index is 9.82. The Hall–Kier alpha value is 0.230. The van der Waals surface area contributed by atoms with Crippen LogP contribution in [0.3, 0.4) is 0 Å². The highest BCUT2D eigenvalue weighted by Gasteiger charge is 2.13. The molecule has 0 saturated carbocycles. The second-order valence-electron chi connectivity index (χ2n) is 4.35. The summed E-state index contributed by atoms with van der Waals surface area (Å²) >= 11 is 2.02. The minimum atomic E-state index is -0.319. The normalized spacial score (nSPS) is 20.6. The van der Waals surface area contributed by atoms with Crippen molar-refractivity contribution >= 4 is 11.8 Å². The van der Waals surface area contributed by atoms with Gasteiger partial charge in [-0.25, -0.2) is 0 Å². The molecule has 1 rings (SSSR count). The quantitative estimate of drug-likeness (QED) is 0.693. The Labute approximate surface area is 104 Å². The van der Waals surface area contributed by atoms with Crippen LogP contribution in [0.2, 0.25) is 0 Å². The lowest BCUT2D eigenvalue weighted by Crippen LogP contribution is -2.36. The summed E-state index contributed by atoms with van der Waals surface area (Å²) in [6, 6.07) is 0. The summed E-state index contributed by atoms with van der Waals surface area (Å²) in [5.41, 5.74) is 0. The van der Waals surface area contributed by atoms with E-state index in [4.69, 9.17) is 4.74 Å². The van der Waals surface area contributed by atoms with Crippen LogP contribution in [0, 0.1) is 0 Å². The van der Waals surface area contributed by atoms with E-state index in [1.807, 2.05) is 11.8 Å². The van der Waals surface area contributed by atoms with Gasteiger partial charge >= 0.3 is 0 Å². The van der Waals surface area contributed by atoms with Crippen LogP contribution in [0.15, 0.2) is 0 Å². The molecule has 1 fully saturated rings. The van der Waals surface area contributed by atoms with Crippen molar-refractivity contribution in [2.45, 2.75) is 32.3 Å². The molecule has 0 bridgehead atoms. The number of aliphatic hydroxyl groups is 1. The summed E-state index contributed by atoms with van der Waals surface area (Å²) in [5.74, 6) is 2.46. The van der Waals surface area contributed by atoms with Gasteiger partial charge in [-0.2, -0.15) is 11.8 Å². The highest BCUT2D eigenvalue weighted by atomic mass is 32.2. The van der Waals surface area contributed by atoms with E-state index in [2.05, 4.69) is 11.8 Å². The molecule has 96 valence electrons. The van der Waals surface area contributed by atoms with Gasteiger partial charge in [-0.1, -0.05) is 13.3 Å². The summed E-state index contributed by atoms with van der Waals surface area (Å²) in [6.45, 7) is 6.42. The van der Waals surface area contributed by atoms with Gasteiger partial charge in [0, 0.05) is 25.4 Å². The second kappa shape index (κ2) is 9.28. The van der Waals surface area contributed by atoms with Gasteiger partial charge in [0.15, 0.2) is 0 Å². The lowest BCUT2D eigenvalue weighted by atomic mass is 10.3. The van der Waals surface area contributed by atoms with Crippen LogP contribution < -0.4 is 0 Å². The molecular weight excluding hydrogens is 222 g/mol. The second-order valence-corrected chi connectivity index (χ2v) is 5.57. The van der Waals surface area contributed by atoms with Gasteiger partial charge in [-0.3, -0.25) is 4.90 Å². The van der Waals surface area contributed by atoms with Crippen molar-refractivity contribution in [2.75, 3.05) is 44.4 Å². The lowest BCUT2D eigenvalue weighted by Gasteiger charge is -2.22. The Bertz CT molecular complexity index is 161. The van der Waals surface area contributed by atoms with Crippen molar-refractivity contribution in [1.29, 1.82) is 0 Å². The van der Waals surface area contributed by atoms with E-state index < -0.39 is 0 Å². The van der Waals surface area contributed by atoms with Crippen LogP contribution in [-0.4, -0.2) is 60.5 Å². The molecule has 0 aromatic heterocycles. The zero-order chi connectivity index (χ0) is 11.6. The Kier molecular flexibility index (Phi) is 8.29. The fourth-order valence-corrected chi connectivity index (χ4v) is 2.72. The van der Waals surface area contributed by atoms with Crippen LogP contribution in [-0.2, 0) is 4.74 Å². The number of ether oxygens (including phenoxy) is 1. The molecule has 1 heterocycles. The largest absolute Gasteiger partial charge is 0.389 e. The predicted octanol–water partition coefficient (Wildman–Crippen LogP) is 1.60. The van der Waals surface area contributed by atoms with Crippen LogP contribution in [0.25, 0.3) is 0 Å². The maximum atomic E-state index is 9.82. The molecule has 1 unspecified atom stereocenters. The molecule has 1 aliphatic heterocycles. The van der Waals surface area contributed by atoms with Gasteiger partial charge in [0.25, 0.3) is 0 Å². The van der Waals surface area contributed by atoms with E-state index in [0.29, 0.717) is 6.61 Å². The van der Waals surface area contributed by atoms with Crippen LogP contribution in [0.4, 0.5) is 0 Å². The molecule has 0 amide bonds. The SMILES string of the molecule is CCCCOCC(O)CN1CCCSCC1. The van der Waals surface area contributed by atoms with E-state index in [-0.39, 0.29) is 6.10 Å². The first-order valence-corrected chi connectivity index (χ1v) is 7.54. The zero-order valence-electron chi connectivity index (χ0n) is 10.4. The van der Waals surface area contributed by atoms with Crippen molar-refractivity contribution in [3.05, 3.63) is 0 Å². The molecular formula is C12H25NO2S. The number of nitrogens with zero attached hydrogens (tertiary/aromatic N) is 1. The maximum Gasteiger partial charge on any atom is 0.0900 e. The highest BCUT2D eigenvalue weighted by Crippen LogP contribution is 2.10. The lowest BCUT2D eigenvalue weighted by molar-refractivity contribution is 0.0171. The number of hydrogen-bond donors (Lipinski definition) is 1. The number of thioether (sulfide) groups is 1. The monoisotopic (exact) mass is 247 g/mol. The summed E-state index contributed by atoms with van der Waals surface area (Å²) in [4.78, 5) is 2.36. The van der Waals surface area contributed by atoms with E-state index in [9.17, 15) is 5.11 Å². The molecule has 0 radical (unpaired) electrons. The number of unbranched alkanes of at least 4 members (excludes halogenated alkanes) is 1. The molecule has 3 nitrogen and oxygen atoms in total. The van der Waals surface area contributed by atoms with Crippen LogP contribution in [0.1, 0.15) is 26.2 Å². The van der Waals surface area contributed by atoms with Gasteiger partial charge in [0.05, 0.1) is 12.7 Å². The van der Waals surface area contributed by atoms with E-state index in [0.717, 1.165) is 39.1 Å². The predicted molar refractivity (Wildman–Crippen MR) is 70.1 cm³/mol. The third kappa shape index (κ3) is 6.74. The van der Waals surface area contributed by atoms with Crippen LogP contribution in [0.5, 0.6) is 0 Å². The van der Waals surface area contributed by atoms with Gasteiger partial charge in [-0.05, 0) is 25.1 Å². The van der Waals surface area contributed by atoms with Gasteiger partial charge < -0.3 is 9.84 Å². The highest BCUT2D eigenvalue weighted by molar-refractivity contribution is 7.99. The average molecular weight is 247 g/mol. The summed E-state index contributed by atoms with van der Waals surface area (Å²) in [6.07, 6.45) is 3.17. The molecule has 1 saturated heterocycles. The van der Waals surface area contributed by atoms with E-state index in [1.165, 1.54) is 17.9 Å². The van der Waals surface area contributed by atoms with Crippen molar-refractivity contribution in [3.63, 3.8) is 0 Å². The van der Waals surface area contributed by atoms with E-state index >= 15 is 0 Å². The molecule has 4 heteroatoms. The fraction of sp³-hybridized carbons (Fsp3) is 1.00. The average Bonchev–Trinajstić information content (AvgIpc) is 2.53. The molecule has 1 N–H and O–H groups in total. The molecule has 0 aliphatic carbocycles. The molecule has 0 aromatic carbocycles. The first kappa shape index (κ1) is 14.3. The minimum absolute atomic E-state index is 0.319. The Morgan fingerprint density at radius 2 is 2.25 bits per heavy atom. The zero-order valence-corrected chi connectivity index (χ0v) is 11.2. The molecule has 0 spiro atoms. The number of β-amino-alcohol motifs (C(OH)–C–C–N with tert-alkyl or cyclic N) is 1. The first-order valence-electron chi connectivity index (χ1n) is 6.39. The summed E-state index contributed by atoms with van der Waals surface area (Å²) in [7, 11) is 0. The summed E-state index contributed by atoms with van der Waals surface area (Å²) in [5, 5.41) is 9.82. The number of aliphatic hydroxyl groups excluding tert-OH is 1. The molecule has 0 aromatic rings.